The van der Waals surface area contributed by atoms with E-state index >= 15 is 0 Å². The SMILES string of the molecule is O=C(NC1CCCCNC1)c1cc(F)ccc1O. The molecule has 4 nitrogen and oxygen atoms in total. The Kier molecular flexibility index (Phi) is 4.15. The van der Waals surface area contributed by atoms with Crippen molar-refractivity contribution in [3.05, 3.63) is 29.6 Å². The van der Waals surface area contributed by atoms with Crippen LogP contribution in [0.3, 0.4) is 0 Å². The van der Waals surface area contributed by atoms with E-state index in [9.17, 15) is 14.3 Å². The molecule has 1 aliphatic rings. The summed E-state index contributed by atoms with van der Waals surface area (Å²) >= 11 is 0. The lowest BCUT2D eigenvalue weighted by atomic mass is 10.1. The first kappa shape index (κ1) is 12.8. The third-order valence-electron chi connectivity index (χ3n) is 3.09. The summed E-state index contributed by atoms with van der Waals surface area (Å²) in [7, 11) is 0. The molecule has 0 aromatic heterocycles. The molecule has 1 heterocycles. The Labute approximate surface area is 105 Å². The van der Waals surface area contributed by atoms with Crippen molar-refractivity contribution in [2.75, 3.05) is 13.1 Å². The van der Waals surface area contributed by atoms with Gasteiger partial charge in [-0.15, -0.1) is 0 Å². The number of benzene rings is 1. The molecule has 18 heavy (non-hydrogen) atoms. The van der Waals surface area contributed by atoms with Crippen LogP contribution in [-0.2, 0) is 0 Å². The van der Waals surface area contributed by atoms with Gasteiger partial charge in [0.25, 0.3) is 5.91 Å². The summed E-state index contributed by atoms with van der Waals surface area (Å²) in [4.78, 5) is 11.9. The molecule has 1 amide bonds. The highest BCUT2D eigenvalue weighted by molar-refractivity contribution is 5.97. The van der Waals surface area contributed by atoms with Crippen molar-refractivity contribution in [3.63, 3.8) is 0 Å². The van der Waals surface area contributed by atoms with Crippen LogP contribution in [0.2, 0.25) is 0 Å². The Balaban J connectivity index is 2.04. The molecule has 0 spiro atoms. The van der Waals surface area contributed by atoms with Crippen LogP contribution in [0.1, 0.15) is 29.6 Å². The number of hydrogen-bond donors (Lipinski definition) is 3. The molecular weight excluding hydrogens is 235 g/mol. The molecule has 0 aliphatic carbocycles. The zero-order chi connectivity index (χ0) is 13.0. The zero-order valence-electron chi connectivity index (χ0n) is 10.1. The average molecular weight is 252 g/mol. The largest absolute Gasteiger partial charge is 0.507 e. The fourth-order valence-electron chi connectivity index (χ4n) is 2.10. The van der Waals surface area contributed by atoms with Gasteiger partial charge in [0.05, 0.1) is 5.56 Å². The lowest BCUT2D eigenvalue weighted by molar-refractivity contribution is 0.0932. The minimum absolute atomic E-state index is 0.0146. The summed E-state index contributed by atoms with van der Waals surface area (Å²) in [6.45, 7) is 1.67. The molecule has 1 atom stereocenters. The number of halogens is 1. The van der Waals surface area contributed by atoms with E-state index in [1.807, 2.05) is 0 Å². The number of phenolic OH excluding ortho intramolecular Hbond substituents is 1. The first-order valence-corrected chi connectivity index (χ1v) is 6.17. The van der Waals surface area contributed by atoms with Crippen molar-refractivity contribution in [2.24, 2.45) is 0 Å². The quantitative estimate of drug-likeness (QED) is 0.745. The summed E-state index contributed by atoms with van der Waals surface area (Å²) in [5.41, 5.74) is -0.0146. The Morgan fingerprint density at radius 1 is 1.44 bits per heavy atom. The molecule has 0 radical (unpaired) electrons. The van der Waals surface area contributed by atoms with Crippen LogP contribution >= 0.6 is 0 Å². The van der Waals surface area contributed by atoms with Crippen LogP contribution in [0, 0.1) is 5.82 Å². The Morgan fingerprint density at radius 3 is 3.11 bits per heavy atom. The van der Waals surface area contributed by atoms with Gasteiger partial charge in [-0.25, -0.2) is 4.39 Å². The number of amides is 1. The normalized spacial score (nSPS) is 20.2. The highest BCUT2D eigenvalue weighted by Crippen LogP contribution is 2.18. The standard InChI is InChI=1S/C13H17FN2O2/c14-9-4-5-12(17)11(7-9)13(18)16-10-3-1-2-6-15-8-10/h4-5,7,10,15,17H,1-3,6,8H2,(H,16,18). The number of carbonyl (C=O) groups is 1. The van der Waals surface area contributed by atoms with Gasteiger partial charge in [-0.05, 0) is 37.6 Å². The van der Waals surface area contributed by atoms with Gasteiger partial charge < -0.3 is 15.7 Å². The minimum atomic E-state index is -0.531. The van der Waals surface area contributed by atoms with Gasteiger partial charge >= 0.3 is 0 Å². The second kappa shape index (κ2) is 5.82. The van der Waals surface area contributed by atoms with Gasteiger partial charge in [-0.1, -0.05) is 6.42 Å². The molecule has 1 unspecified atom stereocenters. The van der Waals surface area contributed by atoms with Crippen molar-refractivity contribution in [1.29, 1.82) is 0 Å². The smallest absolute Gasteiger partial charge is 0.255 e. The summed E-state index contributed by atoms with van der Waals surface area (Å²) in [6.07, 6.45) is 3.04. The Bertz CT molecular complexity index is 429. The first-order chi connectivity index (χ1) is 8.66. The third-order valence-corrected chi connectivity index (χ3v) is 3.09. The van der Waals surface area contributed by atoms with Gasteiger partial charge in [0.15, 0.2) is 0 Å². The van der Waals surface area contributed by atoms with Crippen LogP contribution in [0.25, 0.3) is 0 Å². The van der Waals surface area contributed by atoms with E-state index in [1.165, 1.54) is 6.07 Å². The maximum Gasteiger partial charge on any atom is 0.255 e. The van der Waals surface area contributed by atoms with Gasteiger partial charge in [-0.3, -0.25) is 4.79 Å². The molecule has 1 fully saturated rings. The van der Waals surface area contributed by atoms with Gasteiger partial charge in [0.2, 0.25) is 0 Å². The van der Waals surface area contributed by atoms with E-state index in [4.69, 9.17) is 0 Å². The highest BCUT2D eigenvalue weighted by Gasteiger charge is 2.18. The van der Waals surface area contributed by atoms with E-state index in [2.05, 4.69) is 10.6 Å². The lowest BCUT2D eigenvalue weighted by Gasteiger charge is -2.16. The number of nitrogens with one attached hydrogen (secondary N) is 2. The summed E-state index contributed by atoms with van der Waals surface area (Å²) in [6, 6.07) is 3.40. The van der Waals surface area contributed by atoms with Crippen molar-refractivity contribution >= 4 is 5.91 Å². The van der Waals surface area contributed by atoms with Gasteiger partial charge in [0.1, 0.15) is 11.6 Å². The van der Waals surface area contributed by atoms with Gasteiger partial charge in [0, 0.05) is 12.6 Å². The van der Waals surface area contributed by atoms with Crippen LogP contribution in [0.4, 0.5) is 4.39 Å². The van der Waals surface area contributed by atoms with Crippen LogP contribution in [0.5, 0.6) is 5.75 Å². The number of rotatable bonds is 2. The fourth-order valence-corrected chi connectivity index (χ4v) is 2.10. The van der Waals surface area contributed by atoms with E-state index in [-0.39, 0.29) is 17.4 Å². The third kappa shape index (κ3) is 3.20. The van der Waals surface area contributed by atoms with Gasteiger partial charge in [-0.2, -0.15) is 0 Å². The molecule has 98 valence electrons. The number of aromatic hydroxyl groups is 1. The molecule has 5 heteroatoms. The number of carbonyl (C=O) groups excluding carboxylic acids is 1. The Morgan fingerprint density at radius 2 is 2.28 bits per heavy atom. The first-order valence-electron chi connectivity index (χ1n) is 6.17. The second-order valence-electron chi connectivity index (χ2n) is 4.53. The number of hydrogen-bond acceptors (Lipinski definition) is 3. The maximum atomic E-state index is 13.0. The average Bonchev–Trinajstić information content (AvgIpc) is 2.61. The predicted octanol–water partition coefficient (Wildman–Crippen LogP) is 1.40. The van der Waals surface area contributed by atoms with E-state index in [0.29, 0.717) is 6.54 Å². The highest BCUT2D eigenvalue weighted by atomic mass is 19.1. The lowest BCUT2D eigenvalue weighted by Crippen LogP contribution is -2.40. The second-order valence-corrected chi connectivity index (χ2v) is 4.53. The van der Waals surface area contributed by atoms with E-state index in [0.717, 1.165) is 37.9 Å². The fraction of sp³-hybridized carbons (Fsp3) is 0.462. The summed E-state index contributed by atoms with van der Waals surface area (Å²) in [5, 5.41) is 15.6. The van der Waals surface area contributed by atoms with Crippen molar-refractivity contribution in [1.82, 2.24) is 10.6 Å². The van der Waals surface area contributed by atoms with Crippen LogP contribution in [-0.4, -0.2) is 30.1 Å². The molecule has 1 aliphatic heterocycles. The van der Waals surface area contributed by atoms with E-state index < -0.39 is 11.7 Å². The topological polar surface area (TPSA) is 61.4 Å². The predicted molar refractivity (Wildman–Crippen MR) is 66.0 cm³/mol. The van der Waals surface area contributed by atoms with Crippen LogP contribution in [0.15, 0.2) is 18.2 Å². The van der Waals surface area contributed by atoms with Crippen molar-refractivity contribution in [2.45, 2.75) is 25.3 Å². The summed E-state index contributed by atoms with van der Waals surface area (Å²) in [5.74, 6) is -1.16. The molecule has 1 aromatic rings. The van der Waals surface area contributed by atoms with Crippen LogP contribution < -0.4 is 10.6 Å². The monoisotopic (exact) mass is 252 g/mol. The molecule has 1 aromatic carbocycles. The molecular formula is C13H17FN2O2. The Hall–Kier alpha value is -1.62. The minimum Gasteiger partial charge on any atom is -0.507 e. The molecule has 0 saturated carbocycles. The molecule has 2 rings (SSSR count). The van der Waals surface area contributed by atoms with Crippen molar-refractivity contribution < 1.29 is 14.3 Å². The zero-order valence-corrected chi connectivity index (χ0v) is 10.1. The summed E-state index contributed by atoms with van der Waals surface area (Å²) < 4.78 is 13.0. The molecule has 1 saturated heterocycles. The molecule has 3 N–H and O–H groups in total. The van der Waals surface area contributed by atoms with E-state index in [1.54, 1.807) is 0 Å². The number of phenols is 1. The maximum absolute atomic E-state index is 13.0. The molecule has 0 bridgehead atoms. The van der Waals surface area contributed by atoms with Crippen molar-refractivity contribution in [3.8, 4) is 5.75 Å².